The summed E-state index contributed by atoms with van der Waals surface area (Å²) in [6, 6.07) is 18.5. The van der Waals surface area contributed by atoms with E-state index in [4.69, 9.17) is 0 Å². The van der Waals surface area contributed by atoms with Crippen LogP contribution in [-0.4, -0.2) is 17.1 Å². The summed E-state index contributed by atoms with van der Waals surface area (Å²) in [5, 5.41) is 6.01. The highest BCUT2D eigenvalue weighted by molar-refractivity contribution is 5.96. The summed E-state index contributed by atoms with van der Waals surface area (Å²) < 4.78 is 43.8. The van der Waals surface area contributed by atoms with E-state index in [1.807, 2.05) is 60.7 Å². The molecule has 2 aromatic carbocycles. The van der Waals surface area contributed by atoms with Crippen LogP contribution in [0.15, 0.2) is 65.2 Å². The van der Waals surface area contributed by atoms with Gasteiger partial charge in [0.25, 0.3) is 11.7 Å². The molecule has 1 atom stereocenters. The van der Waals surface area contributed by atoms with Gasteiger partial charge in [0, 0.05) is 12.0 Å². The molecule has 1 aromatic heterocycles. The minimum atomic E-state index is -4.80. The number of amides is 1. The van der Waals surface area contributed by atoms with E-state index >= 15 is 0 Å². The molecule has 0 saturated heterocycles. The second-order valence-electron chi connectivity index (χ2n) is 6.53. The number of hydrogen-bond donors (Lipinski definition) is 1. The molecule has 0 bridgehead atoms. The van der Waals surface area contributed by atoms with Crippen molar-refractivity contribution < 1.29 is 22.5 Å². The molecule has 3 aromatic rings. The lowest BCUT2D eigenvalue weighted by molar-refractivity contribution is -0.155. The number of halogens is 3. The first kappa shape index (κ1) is 19.7. The van der Waals surface area contributed by atoms with E-state index in [1.54, 1.807) is 6.92 Å². The molecule has 4 nitrogen and oxygen atoms in total. The molecule has 0 radical (unpaired) electrons. The van der Waals surface area contributed by atoms with Crippen molar-refractivity contribution in [2.24, 2.45) is 0 Å². The Morgan fingerprint density at radius 3 is 1.96 bits per heavy atom. The van der Waals surface area contributed by atoms with E-state index in [0.717, 1.165) is 11.1 Å². The monoisotopic (exact) mass is 388 g/mol. The van der Waals surface area contributed by atoms with Crippen LogP contribution in [0, 0.1) is 6.92 Å². The smallest absolute Gasteiger partial charge is 0.351 e. The summed E-state index contributed by atoms with van der Waals surface area (Å²) in [5.41, 5.74) is 1.20. The van der Waals surface area contributed by atoms with Gasteiger partial charge in [0.2, 0.25) is 0 Å². The van der Waals surface area contributed by atoms with Crippen LogP contribution in [0.1, 0.15) is 45.8 Å². The largest absolute Gasteiger partial charge is 0.453 e. The fourth-order valence-corrected chi connectivity index (χ4v) is 3.28. The summed E-state index contributed by atoms with van der Waals surface area (Å²) in [5.74, 6) is -2.48. The Kier molecular flexibility index (Phi) is 5.53. The van der Waals surface area contributed by atoms with Crippen LogP contribution in [0.3, 0.4) is 0 Å². The number of rotatable bonds is 5. The van der Waals surface area contributed by atoms with Crippen LogP contribution in [0.2, 0.25) is 0 Å². The Balaban J connectivity index is 1.92. The van der Waals surface area contributed by atoms with E-state index < -0.39 is 29.4 Å². The summed E-state index contributed by atoms with van der Waals surface area (Å²) in [6.45, 7) is 3.07. The Morgan fingerprint density at radius 2 is 1.50 bits per heavy atom. The Morgan fingerprint density at radius 1 is 1.00 bits per heavy atom. The van der Waals surface area contributed by atoms with Crippen molar-refractivity contribution in [2.45, 2.75) is 32.0 Å². The molecule has 0 fully saturated rings. The molecular weight excluding hydrogens is 369 g/mol. The lowest BCUT2D eigenvalue weighted by atomic mass is 9.85. The molecule has 0 saturated carbocycles. The number of nitrogens with one attached hydrogen (secondary N) is 1. The first-order chi connectivity index (χ1) is 13.3. The fourth-order valence-electron chi connectivity index (χ4n) is 3.28. The summed E-state index contributed by atoms with van der Waals surface area (Å²) in [4.78, 5) is 12.7. The molecule has 1 heterocycles. The molecule has 0 spiro atoms. The van der Waals surface area contributed by atoms with Gasteiger partial charge < -0.3 is 9.84 Å². The number of benzene rings is 2. The third-order valence-corrected chi connectivity index (χ3v) is 4.52. The van der Waals surface area contributed by atoms with Crippen molar-refractivity contribution in [2.75, 3.05) is 0 Å². The number of nitrogens with zero attached hydrogens (tertiary/aromatic N) is 1. The molecule has 0 aliphatic carbocycles. The van der Waals surface area contributed by atoms with Gasteiger partial charge >= 0.3 is 6.18 Å². The fraction of sp³-hybridized carbons (Fsp3) is 0.238. The molecule has 0 aliphatic rings. The van der Waals surface area contributed by atoms with Crippen LogP contribution in [-0.2, 0) is 6.18 Å². The van der Waals surface area contributed by atoms with Gasteiger partial charge in [-0.15, -0.1) is 0 Å². The van der Waals surface area contributed by atoms with Crippen LogP contribution in [0.5, 0.6) is 0 Å². The van der Waals surface area contributed by atoms with Crippen molar-refractivity contribution in [3.8, 4) is 0 Å². The van der Waals surface area contributed by atoms with Crippen LogP contribution < -0.4 is 5.32 Å². The zero-order chi connectivity index (χ0) is 20.3. The molecule has 146 valence electrons. The Hall–Kier alpha value is -3.09. The second kappa shape index (κ2) is 7.88. The zero-order valence-electron chi connectivity index (χ0n) is 15.3. The van der Waals surface area contributed by atoms with E-state index in [2.05, 4.69) is 15.0 Å². The van der Waals surface area contributed by atoms with E-state index in [-0.39, 0.29) is 11.6 Å². The zero-order valence-corrected chi connectivity index (χ0v) is 15.3. The lowest BCUT2D eigenvalue weighted by Gasteiger charge is -2.26. The molecule has 1 N–H and O–H groups in total. The van der Waals surface area contributed by atoms with Crippen LogP contribution in [0.25, 0.3) is 0 Å². The van der Waals surface area contributed by atoms with Crippen molar-refractivity contribution >= 4 is 5.91 Å². The second-order valence-corrected chi connectivity index (χ2v) is 6.53. The maximum Gasteiger partial charge on any atom is 0.453 e. The van der Waals surface area contributed by atoms with E-state index in [9.17, 15) is 18.0 Å². The molecule has 0 aliphatic heterocycles. The van der Waals surface area contributed by atoms with E-state index in [0.29, 0.717) is 0 Å². The van der Waals surface area contributed by atoms with Gasteiger partial charge in [0.05, 0.1) is 5.69 Å². The van der Waals surface area contributed by atoms with Crippen molar-refractivity contribution in [1.29, 1.82) is 0 Å². The van der Waals surface area contributed by atoms with Gasteiger partial charge in [0.1, 0.15) is 5.56 Å². The van der Waals surface area contributed by atoms with Crippen molar-refractivity contribution in [3.63, 3.8) is 0 Å². The molecule has 7 heteroatoms. The molecular formula is C21H19F3N2O2. The average Bonchev–Trinajstić information content (AvgIpc) is 3.06. The average molecular weight is 388 g/mol. The first-order valence-corrected chi connectivity index (χ1v) is 8.73. The number of aromatic nitrogens is 1. The minimum absolute atomic E-state index is 0.104. The van der Waals surface area contributed by atoms with Crippen molar-refractivity contribution in [1.82, 2.24) is 10.5 Å². The Bertz CT molecular complexity index is 898. The number of hydrogen-bond acceptors (Lipinski definition) is 3. The lowest BCUT2D eigenvalue weighted by Crippen LogP contribution is -2.38. The van der Waals surface area contributed by atoms with Crippen LogP contribution >= 0.6 is 0 Å². The maximum absolute atomic E-state index is 13.1. The highest BCUT2D eigenvalue weighted by Gasteiger charge is 2.42. The standard InChI is InChI=1S/C21H19F3N2O2/c1-13(25-20(27)18-14(2)26-28-19(18)21(22,23)24)17(15-9-5-3-6-10-15)16-11-7-4-8-12-16/h3-13,17H,1-2H3,(H,25,27)/t13-/m1/s1. The SMILES string of the molecule is Cc1noc(C(F)(F)F)c1C(=O)N[C@H](C)C(c1ccccc1)c1ccccc1. The topological polar surface area (TPSA) is 55.1 Å². The van der Waals surface area contributed by atoms with Gasteiger partial charge in [-0.25, -0.2) is 0 Å². The molecule has 28 heavy (non-hydrogen) atoms. The number of carbonyl (C=O) groups excluding carboxylic acids is 1. The Labute approximate surface area is 160 Å². The molecule has 3 rings (SSSR count). The highest BCUT2D eigenvalue weighted by atomic mass is 19.4. The quantitative estimate of drug-likeness (QED) is 0.673. The van der Waals surface area contributed by atoms with Gasteiger partial charge in [-0.3, -0.25) is 4.79 Å². The van der Waals surface area contributed by atoms with Crippen LogP contribution in [0.4, 0.5) is 13.2 Å². The minimum Gasteiger partial charge on any atom is -0.351 e. The predicted octanol–water partition coefficient (Wildman–Crippen LogP) is 4.95. The van der Waals surface area contributed by atoms with Crippen molar-refractivity contribution in [3.05, 3.63) is 88.8 Å². The normalized spacial score (nSPS) is 12.8. The third kappa shape index (κ3) is 4.08. The van der Waals surface area contributed by atoms with Gasteiger partial charge in [-0.05, 0) is 25.0 Å². The van der Waals surface area contributed by atoms with Gasteiger partial charge in [0.15, 0.2) is 0 Å². The number of carbonyl (C=O) groups is 1. The first-order valence-electron chi connectivity index (χ1n) is 8.73. The molecule has 1 amide bonds. The highest BCUT2D eigenvalue weighted by Crippen LogP contribution is 2.34. The summed E-state index contributed by atoms with van der Waals surface area (Å²) in [6.07, 6.45) is -4.80. The van der Waals surface area contributed by atoms with Gasteiger partial charge in [-0.2, -0.15) is 13.2 Å². The number of aryl methyl sites for hydroxylation is 1. The van der Waals surface area contributed by atoms with Gasteiger partial charge in [-0.1, -0.05) is 65.8 Å². The third-order valence-electron chi connectivity index (χ3n) is 4.52. The molecule has 0 unspecified atom stereocenters. The summed E-state index contributed by atoms with van der Waals surface area (Å²) in [7, 11) is 0. The maximum atomic E-state index is 13.1. The predicted molar refractivity (Wildman–Crippen MR) is 97.9 cm³/mol. The van der Waals surface area contributed by atoms with E-state index in [1.165, 1.54) is 6.92 Å². The number of alkyl halides is 3. The summed E-state index contributed by atoms with van der Waals surface area (Å²) >= 11 is 0.